The number of cyclic esters (lactones) is 1. The Hall–Kier alpha value is -2.09. The molecule has 0 bridgehead atoms. The third kappa shape index (κ3) is 4.91. The van der Waals surface area contributed by atoms with Gasteiger partial charge in [0.25, 0.3) is 0 Å². The molecule has 4 rings (SSSR count). The molecule has 1 aliphatic heterocycles. The van der Waals surface area contributed by atoms with Crippen molar-refractivity contribution < 1.29 is 19.7 Å². The first-order chi connectivity index (χ1) is 15.7. The van der Waals surface area contributed by atoms with Gasteiger partial charge in [-0.25, -0.2) is 4.79 Å². The van der Waals surface area contributed by atoms with Gasteiger partial charge in [-0.1, -0.05) is 56.6 Å². The van der Waals surface area contributed by atoms with Crippen LogP contribution in [0.15, 0.2) is 47.6 Å². The van der Waals surface area contributed by atoms with E-state index in [1.165, 1.54) is 31.3 Å². The molecule has 0 aromatic carbocycles. The maximum atomic E-state index is 11.5. The van der Waals surface area contributed by atoms with Crippen molar-refractivity contribution in [3.8, 4) is 11.8 Å². The number of hydrogen-bond donors (Lipinski definition) is 2. The molecule has 4 heteroatoms. The van der Waals surface area contributed by atoms with E-state index in [0.29, 0.717) is 42.6 Å². The normalized spacial score (nSPS) is 39.9. The molecule has 0 spiro atoms. The van der Waals surface area contributed by atoms with E-state index in [4.69, 9.17) is 4.74 Å². The number of aliphatic hydroxyl groups is 2. The highest BCUT2D eigenvalue weighted by molar-refractivity contribution is 5.90. The van der Waals surface area contributed by atoms with Gasteiger partial charge >= 0.3 is 5.97 Å². The van der Waals surface area contributed by atoms with Crippen molar-refractivity contribution in [3.63, 3.8) is 0 Å². The average Bonchev–Trinajstić information content (AvgIpc) is 3.28. The summed E-state index contributed by atoms with van der Waals surface area (Å²) in [5.41, 5.74) is 4.04. The van der Waals surface area contributed by atoms with Crippen molar-refractivity contribution in [2.75, 3.05) is 0 Å². The lowest BCUT2D eigenvalue weighted by molar-refractivity contribution is -0.136. The number of carbonyl (C=O) groups is 1. The van der Waals surface area contributed by atoms with Crippen LogP contribution in [0.25, 0.3) is 0 Å². The molecule has 4 aliphatic rings. The summed E-state index contributed by atoms with van der Waals surface area (Å²) in [5.74, 6) is 7.82. The van der Waals surface area contributed by atoms with Gasteiger partial charge in [0.2, 0.25) is 0 Å². The molecule has 0 aromatic rings. The SMILES string of the molecule is C=C1CC(C#CC[C@@H](C)[C@H]2CC[C@H]3/C(=C/C=C4/C[C@@H](O)C[C@H](O)C4=C)CCC[C@]23C)OC1=O. The maximum absolute atomic E-state index is 11.5. The van der Waals surface area contributed by atoms with Gasteiger partial charge in [0.1, 0.15) is 0 Å². The van der Waals surface area contributed by atoms with Gasteiger partial charge in [0, 0.05) is 24.8 Å². The van der Waals surface area contributed by atoms with E-state index in [-0.39, 0.29) is 17.5 Å². The Morgan fingerprint density at radius 1 is 1.24 bits per heavy atom. The van der Waals surface area contributed by atoms with Crippen LogP contribution in [0.2, 0.25) is 0 Å². The standard InChI is InChI=1S/C29H38O4/c1-18(7-5-9-24-15-19(2)28(32)33-24)25-12-13-26-21(8-6-14-29(25,26)4)10-11-22-16-23(30)17-27(31)20(22)3/h10-11,18,23-27,30-31H,2-3,6-8,12-17H2,1,4H3/b21-10+,22-11-/t18-,23-,24?,25-,26+,27+,29-/m1/s1. The molecular formula is C29H38O4. The van der Waals surface area contributed by atoms with Crippen LogP contribution < -0.4 is 0 Å². The Morgan fingerprint density at radius 2 is 2.03 bits per heavy atom. The minimum absolute atomic E-state index is 0.278. The molecule has 0 radical (unpaired) electrons. The highest BCUT2D eigenvalue weighted by Gasteiger charge is 2.50. The van der Waals surface area contributed by atoms with E-state index in [9.17, 15) is 15.0 Å². The van der Waals surface area contributed by atoms with Crippen LogP contribution in [-0.4, -0.2) is 34.5 Å². The monoisotopic (exact) mass is 450 g/mol. The second-order valence-electron chi connectivity index (χ2n) is 10.9. The van der Waals surface area contributed by atoms with Gasteiger partial charge in [-0.2, -0.15) is 0 Å². The second kappa shape index (κ2) is 9.65. The van der Waals surface area contributed by atoms with Gasteiger partial charge in [-0.3, -0.25) is 0 Å². The molecular weight excluding hydrogens is 412 g/mol. The minimum Gasteiger partial charge on any atom is -0.445 e. The quantitative estimate of drug-likeness (QED) is 0.360. The van der Waals surface area contributed by atoms with Crippen LogP contribution in [0.4, 0.5) is 0 Å². The molecule has 7 atom stereocenters. The molecule has 4 fully saturated rings. The van der Waals surface area contributed by atoms with E-state index < -0.39 is 12.2 Å². The highest BCUT2D eigenvalue weighted by Crippen LogP contribution is 2.59. The Morgan fingerprint density at radius 3 is 2.76 bits per heavy atom. The summed E-state index contributed by atoms with van der Waals surface area (Å²) in [7, 11) is 0. The fourth-order valence-corrected chi connectivity index (χ4v) is 6.80. The Bertz CT molecular complexity index is 928. The molecule has 2 N–H and O–H groups in total. The zero-order chi connectivity index (χ0) is 23.8. The van der Waals surface area contributed by atoms with Crippen molar-refractivity contribution in [3.05, 3.63) is 47.6 Å². The van der Waals surface area contributed by atoms with Crippen LogP contribution in [-0.2, 0) is 9.53 Å². The highest BCUT2D eigenvalue weighted by atomic mass is 16.5. The number of carbonyl (C=O) groups excluding carboxylic acids is 1. The fraction of sp³-hybridized carbons (Fsp3) is 0.621. The first-order valence-corrected chi connectivity index (χ1v) is 12.5. The van der Waals surface area contributed by atoms with Gasteiger partial charge in [0.05, 0.1) is 12.2 Å². The predicted octanol–water partition coefficient (Wildman–Crippen LogP) is 5.03. The fourth-order valence-electron chi connectivity index (χ4n) is 6.80. The first kappa shape index (κ1) is 24.0. The van der Waals surface area contributed by atoms with Crippen LogP contribution in [0.3, 0.4) is 0 Å². The second-order valence-corrected chi connectivity index (χ2v) is 10.9. The Kier molecular flexibility index (Phi) is 7.03. The Balaban J connectivity index is 1.44. The van der Waals surface area contributed by atoms with Crippen LogP contribution >= 0.6 is 0 Å². The summed E-state index contributed by atoms with van der Waals surface area (Å²) in [6.07, 6.45) is 11.2. The Labute approximate surface area is 198 Å². The zero-order valence-corrected chi connectivity index (χ0v) is 20.1. The summed E-state index contributed by atoms with van der Waals surface area (Å²) in [6.45, 7) is 12.6. The summed E-state index contributed by atoms with van der Waals surface area (Å²) in [5, 5.41) is 20.2. The first-order valence-electron chi connectivity index (χ1n) is 12.5. The van der Waals surface area contributed by atoms with E-state index in [0.717, 1.165) is 24.0 Å². The van der Waals surface area contributed by atoms with E-state index >= 15 is 0 Å². The molecule has 33 heavy (non-hydrogen) atoms. The number of rotatable bonds is 3. The summed E-state index contributed by atoms with van der Waals surface area (Å²) in [6, 6.07) is 0. The molecule has 3 aliphatic carbocycles. The van der Waals surface area contributed by atoms with Gasteiger partial charge < -0.3 is 14.9 Å². The van der Waals surface area contributed by atoms with Crippen molar-refractivity contribution in [1.82, 2.24) is 0 Å². The van der Waals surface area contributed by atoms with Crippen molar-refractivity contribution in [2.24, 2.45) is 23.2 Å². The summed E-state index contributed by atoms with van der Waals surface area (Å²) < 4.78 is 5.24. The van der Waals surface area contributed by atoms with Gasteiger partial charge in [-0.15, -0.1) is 0 Å². The lowest BCUT2D eigenvalue weighted by atomic mass is 9.61. The molecule has 1 saturated heterocycles. The van der Waals surface area contributed by atoms with E-state index in [1.807, 2.05) is 0 Å². The maximum Gasteiger partial charge on any atom is 0.334 e. The molecule has 1 unspecified atom stereocenters. The average molecular weight is 451 g/mol. The van der Waals surface area contributed by atoms with E-state index in [2.05, 4.69) is 51.0 Å². The molecule has 4 nitrogen and oxygen atoms in total. The van der Waals surface area contributed by atoms with Crippen LogP contribution in [0, 0.1) is 35.0 Å². The molecule has 3 saturated carbocycles. The van der Waals surface area contributed by atoms with Crippen molar-refractivity contribution in [1.29, 1.82) is 0 Å². The molecule has 1 heterocycles. The van der Waals surface area contributed by atoms with Gasteiger partial charge in [0.15, 0.2) is 6.10 Å². The largest absolute Gasteiger partial charge is 0.445 e. The van der Waals surface area contributed by atoms with Crippen LogP contribution in [0.5, 0.6) is 0 Å². The van der Waals surface area contributed by atoms with Crippen molar-refractivity contribution >= 4 is 5.97 Å². The summed E-state index contributed by atoms with van der Waals surface area (Å²) in [4.78, 5) is 11.5. The smallest absolute Gasteiger partial charge is 0.334 e. The minimum atomic E-state index is -0.640. The third-order valence-corrected chi connectivity index (χ3v) is 8.65. The zero-order valence-electron chi connectivity index (χ0n) is 20.1. The molecule has 0 amide bonds. The number of allylic oxidation sites excluding steroid dienone is 3. The number of hydrogen-bond acceptors (Lipinski definition) is 4. The number of fused-ring (bicyclic) bond motifs is 1. The van der Waals surface area contributed by atoms with E-state index in [1.54, 1.807) is 0 Å². The lowest BCUT2D eigenvalue weighted by Crippen LogP contribution is -2.35. The summed E-state index contributed by atoms with van der Waals surface area (Å²) >= 11 is 0. The predicted molar refractivity (Wildman–Crippen MR) is 130 cm³/mol. The molecule has 178 valence electrons. The van der Waals surface area contributed by atoms with Gasteiger partial charge in [-0.05, 0) is 72.8 Å². The van der Waals surface area contributed by atoms with Crippen molar-refractivity contribution in [2.45, 2.75) is 89.9 Å². The number of ether oxygens (including phenoxy) is 1. The topological polar surface area (TPSA) is 66.8 Å². The third-order valence-electron chi connectivity index (χ3n) is 8.65. The lowest BCUT2D eigenvalue weighted by Gasteiger charge is -2.44. The molecule has 0 aromatic heterocycles. The number of aliphatic hydroxyl groups excluding tert-OH is 2. The van der Waals surface area contributed by atoms with Crippen LogP contribution in [0.1, 0.15) is 71.6 Å². The number of esters is 1.